The van der Waals surface area contributed by atoms with E-state index in [0.717, 1.165) is 31.2 Å². The highest BCUT2D eigenvalue weighted by atomic mass is 35.5. The average molecular weight is 322 g/mol. The molecular weight excluding hydrogens is 306 g/mol. The second kappa shape index (κ2) is 5.40. The van der Waals surface area contributed by atoms with Gasteiger partial charge >= 0.3 is 0 Å². The van der Waals surface area contributed by atoms with E-state index in [0.29, 0.717) is 11.7 Å². The van der Waals surface area contributed by atoms with Crippen LogP contribution in [-0.2, 0) is 5.54 Å². The third kappa shape index (κ3) is 2.46. The van der Waals surface area contributed by atoms with Crippen LogP contribution in [0.25, 0.3) is 21.5 Å². The van der Waals surface area contributed by atoms with Crippen LogP contribution >= 0.6 is 23.7 Å². The first-order chi connectivity index (χ1) is 9.74. The molecule has 0 amide bonds. The standard InChI is InChI=1S/C15H15N3OS.ClH/c16-15(6-1-2-7-15)14-17-13(19-18-14)11-3-4-12-10(9-11)5-8-20-12;/h3-5,8-9H,1-2,6-7,16H2;1H. The third-order valence-corrected chi connectivity index (χ3v) is 4.96. The summed E-state index contributed by atoms with van der Waals surface area (Å²) < 4.78 is 6.68. The summed E-state index contributed by atoms with van der Waals surface area (Å²) in [5.74, 6) is 1.21. The SMILES string of the molecule is Cl.NC1(c2noc(-c3ccc4sccc4c3)n2)CCCC1. The summed E-state index contributed by atoms with van der Waals surface area (Å²) in [5, 5.41) is 7.39. The van der Waals surface area contributed by atoms with Gasteiger partial charge in [0.2, 0.25) is 0 Å². The van der Waals surface area contributed by atoms with Crippen molar-refractivity contribution >= 4 is 33.8 Å². The zero-order valence-electron chi connectivity index (χ0n) is 11.4. The van der Waals surface area contributed by atoms with Gasteiger partial charge in [-0.2, -0.15) is 4.98 Å². The molecule has 2 aromatic heterocycles. The number of hydrogen-bond donors (Lipinski definition) is 1. The molecule has 1 saturated carbocycles. The number of aromatic nitrogens is 2. The monoisotopic (exact) mass is 321 g/mol. The Balaban J connectivity index is 0.00000132. The lowest BCUT2D eigenvalue weighted by Gasteiger charge is -2.17. The fourth-order valence-corrected chi connectivity index (χ4v) is 3.64. The lowest BCUT2D eigenvalue weighted by Crippen LogP contribution is -2.34. The fraction of sp³-hybridized carbons (Fsp3) is 0.333. The first-order valence-corrected chi connectivity index (χ1v) is 7.73. The third-order valence-electron chi connectivity index (χ3n) is 4.07. The Morgan fingerprint density at radius 2 is 2.00 bits per heavy atom. The van der Waals surface area contributed by atoms with Crippen LogP contribution in [0.2, 0.25) is 0 Å². The van der Waals surface area contributed by atoms with Crippen molar-refractivity contribution in [2.75, 3.05) is 0 Å². The number of fused-ring (bicyclic) bond motifs is 1. The van der Waals surface area contributed by atoms with E-state index in [9.17, 15) is 0 Å². The number of thiophene rings is 1. The van der Waals surface area contributed by atoms with Crippen molar-refractivity contribution in [3.05, 3.63) is 35.5 Å². The van der Waals surface area contributed by atoms with Gasteiger partial charge in [0.15, 0.2) is 5.82 Å². The number of halogens is 1. The van der Waals surface area contributed by atoms with Crippen molar-refractivity contribution in [3.8, 4) is 11.5 Å². The van der Waals surface area contributed by atoms with Gasteiger partial charge in [-0.25, -0.2) is 0 Å². The molecule has 6 heteroatoms. The molecule has 1 aromatic carbocycles. The van der Waals surface area contributed by atoms with Crippen molar-refractivity contribution in [3.63, 3.8) is 0 Å². The minimum atomic E-state index is -0.395. The van der Waals surface area contributed by atoms with Gasteiger partial charge < -0.3 is 10.3 Å². The van der Waals surface area contributed by atoms with Crippen LogP contribution < -0.4 is 5.73 Å². The Labute approximate surface area is 132 Å². The Kier molecular flexibility index (Phi) is 3.73. The Hall–Kier alpha value is -1.43. The van der Waals surface area contributed by atoms with Gasteiger partial charge in [0.25, 0.3) is 5.89 Å². The summed E-state index contributed by atoms with van der Waals surface area (Å²) in [6.45, 7) is 0. The Bertz CT molecular complexity index is 761. The van der Waals surface area contributed by atoms with Crippen LogP contribution in [0.15, 0.2) is 34.2 Å². The van der Waals surface area contributed by atoms with Crippen LogP contribution in [0.5, 0.6) is 0 Å². The number of benzene rings is 1. The first kappa shape index (κ1) is 14.5. The Morgan fingerprint density at radius 1 is 1.19 bits per heavy atom. The molecule has 110 valence electrons. The molecule has 0 aliphatic heterocycles. The molecule has 0 atom stereocenters. The largest absolute Gasteiger partial charge is 0.334 e. The highest BCUT2D eigenvalue weighted by Gasteiger charge is 2.36. The maximum absolute atomic E-state index is 6.36. The zero-order valence-corrected chi connectivity index (χ0v) is 13.0. The number of nitrogens with two attached hydrogens (primary N) is 1. The molecular formula is C15H16ClN3OS. The minimum absolute atomic E-state index is 0. The molecule has 2 heterocycles. The molecule has 1 aliphatic carbocycles. The van der Waals surface area contributed by atoms with Crippen LogP contribution in [0, 0.1) is 0 Å². The second-order valence-electron chi connectivity index (χ2n) is 5.46. The summed E-state index contributed by atoms with van der Waals surface area (Å²) in [6, 6.07) is 8.30. The van der Waals surface area contributed by atoms with E-state index >= 15 is 0 Å². The molecule has 4 rings (SSSR count). The molecule has 1 fully saturated rings. The van der Waals surface area contributed by atoms with E-state index in [1.807, 2.05) is 6.07 Å². The van der Waals surface area contributed by atoms with Gasteiger partial charge in [-0.05, 0) is 47.9 Å². The van der Waals surface area contributed by atoms with Gasteiger partial charge in [0.1, 0.15) is 0 Å². The predicted molar refractivity (Wildman–Crippen MR) is 86.7 cm³/mol. The highest BCUT2D eigenvalue weighted by Crippen LogP contribution is 2.35. The van der Waals surface area contributed by atoms with E-state index in [-0.39, 0.29) is 12.4 Å². The lowest BCUT2D eigenvalue weighted by molar-refractivity contribution is 0.372. The number of rotatable bonds is 2. The van der Waals surface area contributed by atoms with Crippen molar-refractivity contribution < 1.29 is 4.52 Å². The molecule has 4 nitrogen and oxygen atoms in total. The smallest absolute Gasteiger partial charge is 0.258 e. The summed E-state index contributed by atoms with van der Waals surface area (Å²) >= 11 is 1.73. The number of hydrogen-bond acceptors (Lipinski definition) is 5. The molecule has 0 bridgehead atoms. The molecule has 0 radical (unpaired) electrons. The molecule has 0 saturated heterocycles. The van der Waals surface area contributed by atoms with Crippen molar-refractivity contribution in [2.24, 2.45) is 5.73 Å². The summed E-state index contributed by atoms with van der Waals surface area (Å²) in [4.78, 5) is 4.53. The summed E-state index contributed by atoms with van der Waals surface area (Å²) in [6.07, 6.45) is 4.16. The normalized spacial score (nSPS) is 17.0. The molecule has 3 aromatic rings. The van der Waals surface area contributed by atoms with Gasteiger partial charge in [0.05, 0.1) is 5.54 Å². The minimum Gasteiger partial charge on any atom is -0.334 e. The Morgan fingerprint density at radius 3 is 2.81 bits per heavy atom. The lowest BCUT2D eigenvalue weighted by atomic mass is 9.99. The van der Waals surface area contributed by atoms with E-state index in [1.165, 1.54) is 10.1 Å². The molecule has 0 spiro atoms. The maximum atomic E-state index is 6.36. The first-order valence-electron chi connectivity index (χ1n) is 6.85. The highest BCUT2D eigenvalue weighted by molar-refractivity contribution is 7.17. The second-order valence-corrected chi connectivity index (χ2v) is 6.41. The van der Waals surface area contributed by atoms with E-state index in [2.05, 4.69) is 33.7 Å². The van der Waals surface area contributed by atoms with Gasteiger partial charge in [-0.1, -0.05) is 18.0 Å². The van der Waals surface area contributed by atoms with Gasteiger partial charge in [-0.15, -0.1) is 23.7 Å². The molecule has 0 unspecified atom stereocenters. The molecule has 21 heavy (non-hydrogen) atoms. The van der Waals surface area contributed by atoms with Gasteiger partial charge in [-0.3, -0.25) is 0 Å². The van der Waals surface area contributed by atoms with E-state index in [4.69, 9.17) is 10.3 Å². The molecule has 2 N–H and O–H groups in total. The average Bonchev–Trinajstić information content (AvgIpc) is 3.18. The van der Waals surface area contributed by atoms with Crippen molar-refractivity contribution in [2.45, 2.75) is 31.2 Å². The van der Waals surface area contributed by atoms with E-state index in [1.54, 1.807) is 11.3 Å². The van der Waals surface area contributed by atoms with Crippen LogP contribution in [-0.4, -0.2) is 10.1 Å². The zero-order chi connectivity index (χ0) is 13.6. The quantitative estimate of drug-likeness (QED) is 0.771. The number of nitrogens with zero attached hydrogens (tertiary/aromatic N) is 2. The molecule has 1 aliphatic rings. The van der Waals surface area contributed by atoms with Crippen molar-refractivity contribution in [1.82, 2.24) is 10.1 Å². The topological polar surface area (TPSA) is 64.9 Å². The van der Waals surface area contributed by atoms with Crippen LogP contribution in [0.1, 0.15) is 31.5 Å². The maximum Gasteiger partial charge on any atom is 0.258 e. The summed E-state index contributed by atoms with van der Waals surface area (Å²) in [7, 11) is 0. The van der Waals surface area contributed by atoms with Gasteiger partial charge in [0, 0.05) is 10.3 Å². The van der Waals surface area contributed by atoms with Crippen LogP contribution in [0.3, 0.4) is 0 Å². The van der Waals surface area contributed by atoms with E-state index < -0.39 is 5.54 Å². The predicted octanol–water partition coefficient (Wildman–Crippen LogP) is 4.10. The van der Waals surface area contributed by atoms with Crippen LogP contribution in [0.4, 0.5) is 0 Å². The fourth-order valence-electron chi connectivity index (χ4n) is 2.87. The van der Waals surface area contributed by atoms with Crippen molar-refractivity contribution in [1.29, 1.82) is 0 Å². The summed E-state index contributed by atoms with van der Waals surface area (Å²) in [5.41, 5.74) is 6.92.